The van der Waals surface area contributed by atoms with Crippen LogP contribution in [-0.2, 0) is 0 Å². The van der Waals surface area contributed by atoms with E-state index in [4.69, 9.17) is 0 Å². The Bertz CT molecular complexity index is 203. The van der Waals surface area contributed by atoms with Gasteiger partial charge in [0.15, 0.2) is 0 Å². The van der Waals surface area contributed by atoms with Gasteiger partial charge in [0.1, 0.15) is 0 Å². The maximum Gasteiger partial charge on any atom is -0.0121 e. The van der Waals surface area contributed by atoms with Gasteiger partial charge in [-0.2, -0.15) is 0 Å². The van der Waals surface area contributed by atoms with Gasteiger partial charge in [-0.1, -0.05) is 59.5 Å². The van der Waals surface area contributed by atoms with Crippen LogP contribution >= 0.6 is 31.8 Å². The Morgan fingerprint density at radius 3 is 2.09 bits per heavy atom. The van der Waals surface area contributed by atoms with E-state index in [2.05, 4.69) is 38.4 Å². The highest BCUT2D eigenvalue weighted by molar-refractivity contribution is 14.1. The van der Waals surface area contributed by atoms with Crippen molar-refractivity contribution in [2.75, 3.05) is 4.93 Å². The normalized spacial score (nSPS) is 7.91. The molecule has 0 bridgehead atoms. The molecule has 0 amide bonds. The van der Waals surface area contributed by atoms with Gasteiger partial charge in [0.05, 0.1) is 0 Å². The Labute approximate surface area is 84.4 Å². The van der Waals surface area contributed by atoms with Crippen molar-refractivity contribution in [3.63, 3.8) is 0 Å². The molecule has 0 saturated heterocycles. The van der Waals surface area contributed by atoms with E-state index < -0.39 is 0 Å². The molecular formula is C9H12IP. The van der Waals surface area contributed by atoms with Crippen LogP contribution in [0.25, 0.3) is 6.08 Å². The molecule has 0 aliphatic rings. The molecule has 0 spiro atoms. The lowest BCUT2D eigenvalue weighted by molar-refractivity contribution is 1.71. The summed E-state index contributed by atoms with van der Waals surface area (Å²) in [6.07, 6.45) is 1.84. The first-order valence-electron chi connectivity index (χ1n) is 3.18. The fraction of sp³-hybridized carbons (Fsp3) is 0.111. The molecule has 0 radical (unpaired) electrons. The highest BCUT2D eigenvalue weighted by Crippen LogP contribution is 1.99. The van der Waals surface area contributed by atoms with Crippen LogP contribution in [0.15, 0.2) is 30.8 Å². The van der Waals surface area contributed by atoms with E-state index >= 15 is 0 Å². The van der Waals surface area contributed by atoms with Crippen LogP contribution in [0.3, 0.4) is 0 Å². The number of hydrogen-bond acceptors (Lipinski definition) is 0. The van der Waals surface area contributed by atoms with Crippen LogP contribution in [0.5, 0.6) is 0 Å². The van der Waals surface area contributed by atoms with E-state index in [1.165, 1.54) is 10.9 Å². The van der Waals surface area contributed by atoms with Gasteiger partial charge in [0, 0.05) is 0 Å². The van der Waals surface area contributed by atoms with Gasteiger partial charge in [0.25, 0.3) is 0 Å². The van der Waals surface area contributed by atoms with E-state index in [1.807, 2.05) is 35.3 Å². The SMILES string of the molecule is C=Cc1ccc(P)cc1.CI. The first-order chi connectivity index (χ1) is 5.33. The van der Waals surface area contributed by atoms with E-state index in [9.17, 15) is 0 Å². The summed E-state index contributed by atoms with van der Waals surface area (Å²) in [5.41, 5.74) is 1.17. The summed E-state index contributed by atoms with van der Waals surface area (Å²) in [7, 11) is 2.64. The summed E-state index contributed by atoms with van der Waals surface area (Å²) in [5.74, 6) is 0. The Balaban J connectivity index is 0.000000461. The molecule has 60 valence electrons. The topological polar surface area (TPSA) is 0 Å². The lowest BCUT2D eigenvalue weighted by Crippen LogP contribution is -1.86. The summed E-state index contributed by atoms with van der Waals surface area (Å²) in [4.78, 5) is 1.97. The molecular weight excluding hydrogens is 266 g/mol. The summed E-state index contributed by atoms with van der Waals surface area (Å²) < 4.78 is 0. The van der Waals surface area contributed by atoms with Crippen LogP contribution in [0.4, 0.5) is 0 Å². The minimum absolute atomic E-state index is 1.17. The summed E-state index contributed by atoms with van der Waals surface area (Å²) in [6, 6.07) is 8.16. The fourth-order valence-electron chi connectivity index (χ4n) is 0.632. The van der Waals surface area contributed by atoms with Gasteiger partial charge in [0.2, 0.25) is 0 Å². The number of alkyl halides is 1. The average molecular weight is 278 g/mol. The van der Waals surface area contributed by atoms with E-state index in [-0.39, 0.29) is 0 Å². The maximum absolute atomic E-state index is 3.65. The Kier molecular flexibility index (Phi) is 6.88. The first kappa shape index (κ1) is 11.1. The van der Waals surface area contributed by atoms with Gasteiger partial charge in [-0.15, -0.1) is 9.24 Å². The molecule has 0 heterocycles. The average Bonchev–Trinajstić information content (AvgIpc) is 2.10. The predicted molar refractivity (Wildman–Crippen MR) is 65.8 cm³/mol. The van der Waals surface area contributed by atoms with E-state index in [0.717, 1.165) is 0 Å². The smallest absolute Gasteiger partial charge is 0.0121 e. The van der Waals surface area contributed by atoms with Crippen LogP contribution in [0.2, 0.25) is 0 Å². The third-order valence-corrected chi connectivity index (χ3v) is 1.56. The van der Waals surface area contributed by atoms with Gasteiger partial charge in [-0.3, -0.25) is 0 Å². The van der Waals surface area contributed by atoms with Crippen molar-refractivity contribution in [3.8, 4) is 0 Å². The number of halogens is 1. The first-order valence-corrected chi connectivity index (χ1v) is 5.92. The summed E-state index contributed by atoms with van der Waals surface area (Å²) >= 11 is 2.15. The Morgan fingerprint density at radius 2 is 1.73 bits per heavy atom. The van der Waals surface area contributed by atoms with E-state index in [1.54, 1.807) is 0 Å². The van der Waals surface area contributed by atoms with Crippen molar-refractivity contribution in [2.24, 2.45) is 0 Å². The van der Waals surface area contributed by atoms with Crippen LogP contribution in [-0.4, -0.2) is 4.93 Å². The largest absolute Gasteiger partial charge is 0.106 e. The van der Waals surface area contributed by atoms with Crippen LogP contribution in [0, 0.1) is 0 Å². The molecule has 0 saturated carbocycles. The lowest BCUT2D eigenvalue weighted by Gasteiger charge is -1.91. The second kappa shape index (κ2) is 6.81. The highest BCUT2D eigenvalue weighted by atomic mass is 127. The second-order valence-electron chi connectivity index (χ2n) is 1.87. The number of benzene rings is 1. The monoisotopic (exact) mass is 278 g/mol. The number of hydrogen-bond donors (Lipinski definition) is 0. The molecule has 0 fully saturated rings. The molecule has 1 rings (SSSR count). The quantitative estimate of drug-likeness (QED) is 0.421. The van der Waals surface area contributed by atoms with Crippen molar-refractivity contribution in [3.05, 3.63) is 36.4 Å². The molecule has 0 aromatic heterocycles. The van der Waals surface area contributed by atoms with Crippen LogP contribution in [0.1, 0.15) is 5.56 Å². The van der Waals surface area contributed by atoms with Gasteiger partial charge in [-0.05, 0) is 15.8 Å². The minimum Gasteiger partial charge on any atom is -0.106 e. The zero-order valence-corrected chi connectivity index (χ0v) is 9.86. The third-order valence-electron chi connectivity index (χ3n) is 1.17. The molecule has 1 aromatic carbocycles. The van der Waals surface area contributed by atoms with Crippen molar-refractivity contribution < 1.29 is 0 Å². The molecule has 1 unspecified atom stereocenters. The van der Waals surface area contributed by atoms with Gasteiger partial charge < -0.3 is 0 Å². The Morgan fingerprint density at radius 1 is 1.27 bits per heavy atom. The summed E-state index contributed by atoms with van der Waals surface area (Å²) in [6.45, 7) is 3.65. The molecule has 1 aromatic rings. The summed E-state index contributed by atoms with van der Waals surface area (Å²) in [5, 5.41) is 1.21. The van der Waals surface area contributed by atoms with Crippen molar-refractivity contribution >= 4 is 43.2 Å². The van der Waals surface area contributed by atoms with E-state index in [0.29, 0.717) is 0 Å². The maximum atomic E-state index is 3.65. The molecule has 0 aliphatic carbocycles. The van der Waals surface area contributed by atoms with Crippen LogP contribution < -0.4 is 5.30 Å². The van der Waals surface area contributed by atoms with Crippen molar-refractivity contribution in [1.29, 1.82) is 0 Å². The molecule has 1 atom stereocenters. The zero-order chi connectivity index (χ0) is 8.69. The molecule has 0 N–H and O–H groups in total. The highest BCUT2D eigenvalue weighted by Gasteiger charge is 1.82. The Hall–Kier alpha value is 0.120. The van der Waals surface area contributed by atoms with Gasteiger partial charge >= 0.3 is 0 Å². The molecule has 0 nitrogen and oxygen atoms in total. The van der Waals surface area contributed by atoms with Crippen molar-refractivity contribution in [1.82, 2.24) is 0 Å². The molecule has 2 heteroatoms. The fourth-order valence-corrected chi connectivity index (χ4v) is 0.825. The molecule has 11 heavy (non-hydrogen) atoms. The van der Waals surface area contributed by atoms with Gasteiger partial charge in [-0.25, -0.2) is 0 Å². The minimum atomic E-state index is 1.17. The lowest BCUT2D eigenvalue weighted by atomic mass is 10.2. The number of rotatable bonds is 1. The van der Waals surface area contributed by atoms with Crippen molar-refractivity contribution in [2.45, 2.75) is 0 Å². The second-order valence-corrected chi connectivity index (χ2v) is 2.54. The third kappa shape index (κ3) is 4.54. The predicted octanol–water partition coefficient (Wildman–Crippen LogP) is 2.88. The standard InChI is InChI=1S/C8H9P.CH3I/c1-2-7-3-5-8(9)6-4-7;1-2/h2-6H,1,9H2;1H3. The zero-order valence-electron chi connectivity index (χ0n) is 6.55. The molecule has 0 aliphatic heterocycles.